The van der Waals surface area contributed by atoms with Crippen molar-refractivity contribution >= 4 is 0 Å². The van der Waals surface area contributed by atoms with Crippen molar-refractivity contribution in [2.75, 3.05) is 6.54 Å². The first-order valence-electron chi connectivity index (χ1n) is 8.67. The molecule has 108 valence electrons. The van der Waals surface area contributed by atoms with E-state index in [2.05, 4.69) is 12.2 Å². The topological polar surface area (TPSA) is 12.0 Å². The third-order valence-electron chi connectivity index (χ3n) is 4.33. The van der Waals surface area contributed by atoms with Gasteiger partial charge in [0.15, 0.2) is 0 Å². The van der Waals surface area contributed by atoms with Crippen LogP contribution >= 0.6 is 0 Å². The lowest BCUT2D eigenvalue weighted by molar-refractivity contribution is 0.339. The van der Waals surface area contributed by atoms with Gasteiger partial charge in [-0.3, -0.25) is 0 Å². The lowest BCUT2D eigenvalue weighted by atomic mass is 9.99. The summed E-state index contributed by atoms with van der Waals surface area (Å²) in [7, 11) is 0. The molecule has 1 fully saturated rings. The normalized spacial score (nSPS) is 18.8. The Balaban J connectivity index is 1.63. The molecule has 1 N–H and O–H groups in total. The lowest BCUT2D eigenvalue weighted by Gasteiger charge is -2.27. The zero-order valence-electron chi connectivity index (χ0n) is 12.7. The third kappa shape index (κ3) is 8.97. The predicted molar refractivity (Wildman–Crippen MR) is 82.1 cm³/mol. The second kappa shape index (κ2) is 12.0. The molecule has 1 atom stereocenters. The van der Waals surface area contributed by atoms with Crippen molar-refractivity contribution < 1.29 is 0 Å². The Morgan fingerprint density at radius 3 is 1.56 bits per heavy atom. The molecule has 1 rings (SSSR count). The average molecular weight is 253 g/mol. The van der Waals surface area contributed by atoms with Crippen molar-refractivity contribution in [3.05, 3.63) is 0 Å². The van der Waals surface area contributed by atoms with Gasteiger partial charge in [-0.05, 0) is 19.4 Å². The minimum absolute atomic E-state index is 0.883. The van der Waals surface area contributed by atoms with Crippen LogP contribution in [0.1, 0.15) is 96.8 Å². The van der Waals surface area contributed by atoms with Crippen LogP contribution in [-0.4, -0.2) is 12.6 Å². The Hall–Kier alpha value is -0.0400. The summed E-state index contributed by atoms with van der Waals surface area (Å²) in [6, 6.07) is 0.883. The molecular formula is C17H35N. The first-order valence-corrected chi connectivity index (χ1v) is 8.67. The Kier molecular flexibility index (Phi) is 10.7. The molecule has 1 heteroatoms. The van der Waals surface area contributed by atoms with E-state index in [4.69, 9.17) is 0 Å². The number of unbranched alkanes of at least 4 members (excludes halogenated alkanes) is 11. The molecule has 1 saturated heterocycles. The van der Waals surface area contributed by atoms with Crippen LogP contribution in [0.25, 0.3) is 0 Å². The maximum atomic E-state index is 3.49. The number of hydrogen-bond acceptors (Lipinski definition) is 1. The van der Waals surface area contributed by atoms with Crippen LogP contribution < -0.4 is 5.32 Å². The van der Waals surface area contributed by atoms with Gasteiger partial charge in [0.2, 0.25) is 0 Å². The fourth-order valence-electron chi connectivity index (χ4n) is 2.83. The fraction of sp³-hybridized carbons (Fsp3) is 1.00. The van der Waals surface area contributed by atoms with E-state index in [1.54, 1.807) is 0 Å². The molecule has 1 unspecified atom stereocenters. The van der Waals surface area contributed by atoms with E-state index in [1.165, 1.54) is 96.4 Å². The van der Waals surface area contributed by atoms with Gasteiger partial charge in [-0.25, -0.2) is 0 Å². The molecule has 1 aliphatic heterocycles. The van der Waals surface area contributed by atoms with E-state index in [0.717, 1.165) is 6.04 Å². The molecule has 1 heterocycles. The van der Waals surface area contributed by atoms with Crippen molar-refractivity contribution in [1.29, 1.82) is 0 Å². The van der Waals surface area contributed by atoms with E-state index in [1.807, 2.05) is 0 Å². The number of rotatable bonds is 13. The van der Waals surface area contributed by atoms with Crippen LogP contribution in [0.2, 0.25) is 0 Å². The Labute approximate surface area is 115 Å². The second-order valence-corrected chi connectivity index (χ2v) is 6.12. The highest BCUT2D eigenvalue weighted by Crippen LogP contribution is 2.15. The molecule has 0 bridgehead atoms. The monoisotopic (exact) mass is 253 g/mol. The molecule has 0 saturated carbocycles. The lowest BCUT2D eigenvalue weighted by Crippen LogP contribution is -2.42. The number of nitrogens with one attached hydrogen (secondary N) is 1. The summed E-state index contributed by atoms with van der Waals surface area (Å²) < 4.78 is 0. The molecule has 0 amide bonds. The molecule has 0 aliphatic carbocycles. The third-order valence-corrected chi connectivity index (χ3v) is 4.33. The highest BCUT2D eigenvalue weighted by molar-refractivity contribution is 4.76. The minimum atomic E-state index is 0.883. The molecule has 0 aromatic heterocycles. The first-order chi connectivity index (χ1) is 8.93. The van der Waals surface area contributed by atoms with Gasteiger partial charge in [0.1, 0.15) is 0 Å². The largest absolute Gasteiger partial charge is 0.314 e. The Bertz CT molecular complexity index is 163. The van der Waals surface area contributed by atoms with Crippen LogP contribution in [0, 0.1) is 0 Å². The highest BCUT2D eigenvalue weighted by atomic mass is 15.0. The minimum Gasteiger partial charge on any atom is -0.314 e. The molecule has 1 aliphatic rings. The van der Waals surface area contributed by atoms with E-state index in [-0.39, 0.29) is 0 Å². The van der Waals surface area contributed by atoms with Crippen LogP contribution in [-0.2, 0) is 0 Å². The van der Waals surface area contributed by atoms with Gasteiger partial charge < -0.3 is 5.32 Å². The van der Waals surface area contributed by atoms with E-state index in [0.29, 0.717) is 0 Å². The summed E-state index contributed by atoms with van der Waals surface area (Å²) in [4.78, 5) is 0. The maximum Gasteiger partial charge on any atom is 0.00791 e. The van der Waals surface area contributed by atoms with Gasteiger partial charge in [0, 0.05) is 6.04 Å². The summed E-state index contributed by atoms with van der Waals surface area (Å²) in [5.41, 5.74) is 0. The van der Waals surface area contributed by atoms with Gasteiger partial charge in [0.05, 0.1) is 0 Å². The van der Waals surface area contributed by atoms with Gasteiger partial charge in [-0.2, -0.15) is 0 Å². The summed E-state index contributed by atoms with van der Waals surface area (Å²) in [6.07, 6.45) is 20.4. The summed E-state index contributed by atoms with van der Waals surface area (Å²) >= 11 is 0. The van der Waals surface area contributed by atoms with Gasteiger partial charge in [-0.15, -0.1) is 0 Å². The fourth-order valence-corrected chi connectivity index (χ4v) is 2.83. The van der Waals surface area contributed by atoms with Gasteiger partial charge in [0.25, 0.3) is 0 Å². The number of hydrogen-bond donors (Lipinski definition) is 1. The molecule has 18 heavy (non-hydrogen) atoms. The standard InChI is InChI=1S/C17H35N/c1-2-3-4-5-6-7-8-9-10-11-12-13-14-17-15-16-18-17/h17-18H,2-16H2,1H3. The molecule has 1 nitrogen and oxygen atoms in total. The molecule has 0 radical (unpaired) electrons. The van der Waals surface area contributed by atoms with Crippen molar-refractivity contribution in [3.8, 4) is 0 Å². The SMILES string of the molecule is CCCCCCCCCCCCCCC1CCN1. The van der Waals surface area contributed by atoms with Crippen LogP contribution in [0.3, 0.4) is 0 Å². The Morgan fingerprint density at radius 1 is 0.722 bits per heavy atom. The van der Waals surface area contributed by atoms with Crippen molar-refractivity contribution in [2.45, 2.75) is 103 Å². The Morgan fingerprint density at radius 2 is 1.17 bits per heavy atom. The molecular weight excluding hydrogens is 218 g/mol. The van der Waals surface area contributed by atoms with Crippen LogP contribution in [0.4, 0.5) is 0 Å². The van der Waals surface area contributed by atoms with Gasteiger partial charge in [-0.1, -0.05) is 84.0 Å². The molecule has 0 spiro atoms. The second-order valence-electron chi connectivity index (χ2n) is 6.12. The maximum absolute atomic E-state index is 3.49. The summed E-state index contributed by atoms with van der Waals surface area (Å²) in [5, 5.41) is 3.49. The zero-order chi connectivity index (χ0) is 12.9. The smallest absolute Gasteiger partial charge is 0.00791 e. The van der Waals surface area contributed by atoms with Crippen molar-refractivity contribution in [1.82, 2.24) is 5.32 Å². The van der Waals surface area contributed by atoms with Crippen molar-refractivity contribution in [2.24, 2.45) is 0 Å². The average Bonchev–Trinajstić information content (AvgIpc) is 2.33. The van der Waals surface area contributed by atoms with E-state index in [9.17, 15) is 0 Å². The molecule has 0 aromatic carbocycles. The van der Waals surface area contributed by atoms with Crippen molar-refractivity contribution in [3.63, 3.8) is 0 Å². The van der Waals surface area contributed by atoms with E-state index < -0.39 is 0 Å². The van der Waals surface area contributed by atoms with E-state index >= 15 is 0 Å². The molecule has 0 aromatic rings. The van der Waals surface area contributed by atoms with Crippen LogP contribution in [0.5, 0.6) is 0 Å². The first kappa shape index (κ1) is 16.0. The van der Waals surface area contributed by atoms with Crippen LogP contribution in [0.15, 0.2) is 0 Å². The zero-order valence-corrected chi connectivity index (χ0v) is 12.7. The predicted octanol–water partition coefficient (Wildman–Crippen LogP) is 5.44. The summed E-state index contributed by atoms with van der Waals surface area (Å²) in [5.74, 6) is 0. The highest BCUT2D eigenvalue weighted by Gasteiger charge is 2.14. The van der Waals surface area contributed by atoms with Gasteiger partial charge >= 0.3 is 0 Å². The summed E-state index contributed by atoms with van der Waals surface area (Å²) in [6.45, 7) is 3.56. The quantitative estimate of drug-likeness (QED) is 0.431.